The number of nitrogens with one attached hydrogen (secondary N) is 2. The van der Waals surface area contributed by atoms with Crippen molar-refractivity contribution in [3.8, 4) is 0 Å². The van der Waals surface area contributed by atoms with Gasteiger partial charge in [0.2, 0.25) is 10.0 Å². The SMILES string of the molecule is CN(c1cccc(C(=O)N[C@@H](Cc2ccccc2)[C@H](O)CNCc2cccc(Br)c2)c1)S(=O)(=O)Cc1ccccc1. The topological polar surface area (TPSA) is 98.7 Å². The number of rotatable bonds is 13. The summed E-state index contributed by atoms with van der Waals surface area (Å²) in [7, 11) is -2.19. The zero-order valence-corrected chi connectivity index (χ0v) is 25.2. The molecule has 0 saturated carbocycles. The van der Waals surface area contributed by atoms with E-state index in [2.05, 4.69) is 26.6 Å². The maximum atomic E-state index is 13.4. The number of halogens is 1. The summed E-state index contributed by atoms with van der Waals surface area (Å²) >= 11 is 3.47. The summed E-state index contributed by atoms with van der Waals surface area (Å²) in [5.41, 5.74) is 3.41. The number of carbonyl (C=O) groups excluding carboxylic acids is 1. The van der Waals surface area contributed by atoms with E-state index >= 15 is 0 Å². The molecule has 0 fully saturated rings. The maximum absolute atomic E-state index is 13.4. The third-order valence-electron chi connectivity index (χ3n) is 6.73. The van der Waals surface area contributed by atoms with Crippen molar-refractivity contribution < 1.29 is 18.3 Å². The third kappa shape index (κ3) is 8.99. The average Bonchev–Trinajstić information content (AvgIpc) is 2.97. The van der Waals surface area contributed by atoms with Crippen LogP contribution in [0.1, 0.15) is 27.0 Å². The fraction of sp³-hybridized carbons (Fsp3) is 0.219. The number of aliphatic hydroxyl groups is 1. The highest BCUT2D eigenvalue weighted by molar-refractivity contribution is 9.10. The summed E-state index contributed by atoms with van der Waals surface area (Å²) in [6.45, 7) is 0.832. The molecule has 0 spiro atoms. The predicted molar refractivity (Wildman–Crippen MR) is 167 cm³/mol. The molecule has 9 heteroatoms. The predicted octanol–water partition coefficient (Wildman–Crippen LogP) is 4.91. The van der Waals surface area contributed by atoms with E-state index in [1.165, 1.54) is 11.4 Å². The molecule has 0 radical (unpaired) electrons. The number of hydrogen-bond acceptors (Lipinski definition) is 5. The average molecular weight is 637 g/mol. The minimum absolute atomic E-state index is 0.154. The van der Waals surface area contributed by atoms with Gasteiger partial charge in [0.05, 0.1) is 23.6 Å². The highest BCUT2D eigenvalue weighted by Crippen LogP contribution is 2.21. The molecule has 0 aromatic heterocycles. The van der Waals surface area contributed by atoms with E-state index in [1.54, 1.807) is 48.5 Å². The molecule has 41 heavy (non-hydrogen) atoms. The minimum Gasteiger partial charge on any atom is -0.390 e. The van der Waals surface area contributed by atoms with Crippen molar-refractivity contribution in [2.45, 2.75) is 30.9 Å². The van der Waals surface area contributed by atoms with Crippen molar-refractivity contribution in [1.82, 2.24) is 10.6 Å². The number of amides is 1. The van der Waals surface area contributed by atoms with E-state index in [9.17, 15) is 18.3 Å². The van der Waals surface area contributed by atoms with Gasteiger partial charge in [0.1, 0.15) is 0 Å². The molecule has 2 atom stereocenters. The molecule has 0 saturated heterocycles. The number of aliphatic hydroxyl groups excluding tert-OH is 1. The Hall–Kier alpha value is -3.50. The molecule has 3 N–H and O–H groups in total. The van der Waals surface area contributed by atoms with Crippen molar-refractivity contribution in [1.29, 1.82) is 0 Å². The zero-order valence-electron chi connectivity index (χ0n) is 22.8. The highest BCUT2D eigenvalue weighted by Gasteiger charge is 2.24. The van der Waals surface area contributed by atoms with Crippen LogP contribution in [0.2, 0.25) is 0 Å². The van der Waals surface area contributed by atoms with Crippen LogP contribution in [-0.4, -0.2) is 45.2 Å². The third-order valence-corrected chi connectivity index (χ3v) is 8.97. The Balaban J connectivity index is 1.46. The highest BCUT2D eigenvalue weighted by atomic mass is 79.9. The van der Waals surface area contributed by atoms with E-state index < -0.39 is 28.1 Å². The van der Waals surface area contributed by atoms with E-state index in [1.807, 2.05) is 60.7 Å². The number of anilines is 1. The summed E-state index contributed by atoms with van der Waals surface area (Å²) in [6.07, 6.45) is -0.444. The van der Waals surface area contributed by atoms with Gasteiger partial charge >= 0.3 is 0 Å². The first-order valence-electron chi connectivity index (χ1n) is 13.3. The smallest absolute Gasteiger partial charge is 0.251 e. The fourth-order valence-electron chi connectivity index (χ4n) is 4.44. The van der Waals surface area contributed by atoms with Crippen LogP contribution >= 0.6 is 15.9 Å². The molecular weight excluding hydrogens is 602 g/mol. The zero-order chi connectivity index (χ0) is 29.2. The molecule has 4 aromatic rings. The van der Waals surface area contributed by atoms with Gasteiger partial charge in [0.25, 0.3) is 5.91 Å². The van der Waals surface area contributed by atoms with Crippen LogP contribution in [0, 0.1) is 0 Å². The Morgan fingerprint density at radius 3 is 2.17 bits per heavy atom. The van der Waals surface area contributed by atoms with Crippen molar-refractivity contribution >= 4 is 37.5 Å². The second-order valence-electron chi connectivity index (χ2n) is 9.86. The largest absolute Gasteiger partial charge is 0.390 e. The Morgan fingerprint density at radius 1 is 0.854 bits per heavy atom. The van der Waals surface area contributed by atoms with Crippen molar-refractivity contribution in [2.24, 2.45) is 0 Å². The molecule has 0 heterocycles. The van der Waals surface area contributed by atoms with Gasteiger partial charge in [-0.2, -0.15) is 0 Å². The van der Waals surface area contributed by atoms with Crippen LogP contribution in [0.4, 0.5) is 5.69 Å². The lowest BCUT2D eigenvalue weighted by Gasteiger charge is -2.25. The maximum Gasteiger partial charge on any atom is 0.251 e. The second kappa shape index (κ2) is 14.4. The molecule has 1 amide bonds. The second-order valence-corrected chi connectivity index (χ2v) is 12.8. The number of carbonyl (C=O) groups is 1. The number of benzene rings is 4. The minimum atomic E-state index is -3.67. The molecule has 0 bridgehead atoms. The Morgan fingerprint density at radius 2 is 1.49 bits per heavy atom. The van der Waals surface area contributed by atoms with Crippen LogP contribution in [0.3, 0.4) is 0 Å². The first-order valence-corrected chi connectivity index (χ1v) is 15.7. The van der Waals surface area contributed by atoms with Gasteiger partial charge < -0.3 is 15.7 Å². The summed E-state index contributed by atoms with van der Waals surface area (Å²) in [6, 6.07) is 32.4. The molecular formula is C32H34BrN3O4S. The monoisotopic (exact) mass is 635 g/mol. The summed E-state index contributed by atoms with van der Waals surface area (Å²) in [5, 5.41) is 17.4. The normalized spacial score (nSPS) is 12.9. The van der Waals surface area contributed by atoms with Gasteiger partial charge in [-0.1, -0.05) is 94.8 Å². The summed E-state index contributed by atoms with van der Waals surface area (Å²) in [4.78, 5) is 13.4. The molecule has 0 aliphatic heterocycles. The number of nitrogens with zero attached hydrogens (tertiary/aromatic N) is 1. The molecule has 4 rings (SSSR count). The standard InChI is InChI=1S/C32H34BrN3O4S/c1-36(41(39,40)23-25-12-6-3-7-13-25)29-17-9-15-27(20-29)32(38)35-30(19-24-10-4-2-5-11-24)31(37)22-34-21-26-14-8-16-28(33)18-26/h2-18,20,30-31,34,37H,19,21-23H2,1H3,(H,35,38)/t30-,31+/m0/s1. The van der Waals surface area contributed by atoms with E-state index in [-0.39, 0.29) is 12.3 Å². The Kier molecular flexibility index (Phi) is 10.7. The van der Waals surface area contributed by atoms with Gasteiger partial charge in [-0.3, -0.25) is 9.10 Å². The lowest BCUT2D eigenvalue weighted by Crippen LogP contribution is -2.48. The Labute approximate surface area is 250 Å². The van der Waals surface area contributed by atoms with Crippen molar-refractivity contribution in [2.75, 3.05) is 17.9 Å². The summed E-state index contributed by atoms with van der Waals surface area (Å²) in [5.74, 6) is -0.549. The van der Waals surface area contributed by atoms with Crippen LogP contribution in [0.15, 0.2) is 114 Å². The van der Waals surface area contributed by atoms with Gasteiger partial charge in [0, 0.05) is 30.2 Å². The molecule has 4 aromatic carbocycles. The van der Waals surface area contributed by atoms with Crippen molar-refractivity contribution in [3.63, 3.8) is 0 Å². The molecule has 0 unspecified atom stereocenters. The summed E-state index contributed by atoms with van der Waals surface area (Å²) < 4.78 is 28.3. The van der Waals surface area contributed by atoms with Crippen LogP contribution < -0.4 is 14.9 Å². The quantitative estimate of drug-likeness (QED) is 0.194. The van der Waals surface area contributed by atoms with Gasteiger partial charge in [-0.05, 0) is 53.4 Å². The van der Waals surface area contributed by atoms with E-state index in [4.69, 9.17) is 0 Å². The molecule has 0 aliphatic rings. The molecule has 0 aliphatic carbocycles. The lowest BCUT2D eigenvalue weighted by atomic mass is 10.00. The van der Waals surface area contributed by atoms with Gasteiger partial charge in [-0.15, -0.1) is 0 Å². The van der Waals surface area contributed by atoms with Crippen molar-refractivity contribution in [3.05, 3.63) is 136 Å². The molecule has 214 valence electrons. The first kappa shape index (κ1) is 30.5. The first-order chi connectivity index (χ1) is 19.7. The number of hydrogen-bond donors (Lipinski definition) is 3. The Bertz CT molecular complexity index is 1540. The van der Waals surface area contributed by atoms with Crippen LogP contribution in [-0.2, 0) is 28.7 Å². The van der Waals surface area contributed by atoms with Crippen LogP contribution in [0.25, 0.3) is 0 Å². The van der Waals surface area contributed by atoms with Crippen LogP contribution in [0.5, 0.6) is 0 Å². The van der Waals surface area contributed by atoms with Gasteiger partial charge in [0.15, 0.2) is 0 Å². The molecule has 7 nitrogen and oxygen atoms in total. The number of sulfonamides is 1. The van der Waals surface area contributed by atoms with E-state index in [0.717, 1.165) is 15.6 Å². The van der Waals surface area contributed by atoms with E-state index in [0.29, 0.717) is 29.8 Å². The lowest BCUT2D eigenvalue weighted by molar-refractivity contribution is 0.0830. The fourth-order valence-corrected chi connectivity index (χ4v) is 6.13. The van der Waals surface area contributed by atoms with Gasteiger partial charge in [-0.25, -0.2) is 8.42 Å².